The van der Waals surface area contributed by atoms with E-state index in [1.54, 1.807) is 6.07 Å². The van der Waals surface area contributed by atoms with E-state index in [4.69, 9.17) is 16.3 Å². The van der Waals surface area contributed by atoms with Crippen LogP contribution in [0.4, 0.5) is 4.79 Å². The van der Waals surface area contributed by atoms with Gasteiger partial charge < -0.3 is 9.64 Å². The van der Waals surface area contributed by atoms with Crippen molar-refractivity contribution in [2.75, 3.05) is 26.2 Å². The first-order valence-electron chi connectivity index (χ1n) is 8.33. The van der Waals surface area contributed by atoms with Gasteiger partial charge in [0.1, 0.15) is 5.60 Å². The average molecular weight is 353 g/mol. The summed E-state index contributed by atoms with van der Waals surface area (Å²) in [6, 6.07) is 3.69. The molecule has 2 saturated heterocycles. The molecule has 1 amide bonds. The van der Waals surface area contributed by atoms with E-state index in [2.05, 4.69) is 22.0 Å². The molecule has 0 bridgehead atoms. The molecule has 0 unspecified atom stereocenters. The minimum Gasteiger partial charge on any atom is -0.444 e. The van der Waals surface area contributed by atoms with Gasteiger partial charge in [0.15, 0.2) is 5.15 Å². The van der Waals surface area contributed by atoms with E-state index in [-0.39, 0.29) is 11.5 Å². The summed E-state index contributed by atoms with van der Waals surface area (Å²) >= 11 is 5.78. The Morgan fingerprint density at radius 2 is 2.08 bits per heavy atom. The van der Waals surface area contributed by atoms with Gasteiger partial charge in [-0.25, -0.2) is 4.79 Å². The van der Waals surface area contributed by atoms with Gasteiger partial charge in [-0.1, -0.05) is 18.5 Å². The molecule has 1 aromatic rings. The van der Waals surface area contributed by atoms with Crippen LogP contribution in [0.15, 0.2) is 12.1 Å². The van der Waals surface area contributed by atoms with Gasteiger partial charge in [-0.15, -0.1) is 5.10 Å². The first-order chi connectivity index (χ1) is 11.1. The Kier molecular flexibility index (Phi) is 4.47. The largest absolute Gasteiger partial charge is 0.444 e. The Bertz CT molecular complexity index is 616. The molecule has 7 heteroatoms. The number of hydrogen-bond donors (Lipinski definition) is 0. The fourth-order valence-electron chi connectivity index (χ4n) is 3.70. The fourth-order valence-corrected chi connectivity index (χ4v) is 3.80. The monoisotopic (exact) mass is 352 g/mol. The lowest BCUT2D eigenvalue weighted by Gasteiger charge is -2.27. The van der Waals surface area contributed by atoms with E-state index in [0.29, 0.717) is 11.1 Å². The molecule has 2 fully saturated rings. The van der Waals surface area contributed by atoms with Crippen LogP contribution >= 0.6 is 11.6 Å². The van der Waals surface area contributed by atoms with Crippen LogP contribution in [-0.2, 0) is 11.3 Å². The summed E-state index contributed by atoms with van der Waals surface area (Å²) in [5, 5.41) is 8.45. The van der Waals surface area contributed by atoms with Gasteiger partial charge in [0.25, 0.3) is 0 Å². The van der Waals surface area contributed by atoms with Crippen molar-refractivity contribution >= 4 is 17.7 Å². The van der Waals surface area contributed by atoms with Crippen molar-refractivity contribution in [3.63, 3.8) is 0 Å². The summed E-state index contributed by atoms with van der Waals surface area (Å²) in [5.41, 5.74) is 0.582. The second kappa shape index (κ2) is 6.15. The number of fused-ring (bicyclic) bond motifs is 1. The summed E-state index contributed by atoms with van der Waals surface area (Å²) in [6.45, 7) is 12.1. The van der Waals surface area contributed by atoms with Crippen LogP contribution in [0.5, 0.6) is 0 Å². The summed E-state index contributed by atoms with van der Waals surface area (Å²) in [7, 11) is 0. The van der Waals surface area contributed by atoms with E-state index < -0.39 is 5.60 Å². The minimum absolute atomic E-state index is 0.108. The lowest BCUT2D eigenvalue weighted by atomic mass is 9.83. The van der Waals surface area contributed by atoms with E-state index in [1.165, 1.54) is 0 Å². The maximum absolute atomic E-state index is 12.3. The summed E-state index contributed by atoms with van der Waals surface area (Å²) < 4.78 is 5.51. The van der Waals surface area contributed by atoms with Crippen molar-refractivity contribution < 1.29 is 9.53 Å². The van der Waals surface area contributed by atoms with Gasteiger partial charge in [-0.05, 0) is 38.8 Å². The zero-order valence-corrected chi connectivity index (χ0v) is 15.5. The van der Waals surface area contributed by atoms with Crippen molar-refractivity contribution in [1.82, 2.24) is 20.0 Å². The lowest BCUT2D eigenvalue weighted by Crippen LogP contribution is -2.38. The normalized spacial score (nSPS) is 27.4. The van der Waals surface area contributed by atoms with E-state index in [0.717, 1.165) is 38.4 Å². The van der Waals surface area contributed by atoms with Gasteiger partial charge in [0.05, 0.1) is 5.69 Å². The van der Waals surface area contributed by atoms with Crippen LogP contribution in [0.2, 0.25) is 5.15 Å². The predicted octanol–water partition coefficient (Wildman–Crippen LogP) is 2.82. The molecule has 2 atom stereocenters. The lowest BCUT2D eigenvalue weighted by molar-refractivity contribution is 0.0262. The predicted molar refractivity (Wildman–Crippen MR) is 91.7 cm³/mol. The molecule has 2 aliphatic heterocycles. The molecular weight excluding hydrogens is 328 g/mol. The van der Waals surface area contributed by atoms with Crippen molar-refractivity contribution in [2.45, 2.75) is 39.8 Å². The van der Waals surface area contributed by atoms with Crippen LogP contribution in [0.25, 0.3) is 0 Å². The number of carbonyl (C=O) groups is 1. The zero-order valence-electron chi connectivity index (χ0n) is 14.8. The van der Waals surface area contributed by atoms with Gasteiger partial charge in [0.2, 0.25) is 0 Å². The minimum atomic E-state index is -0.449. The summed E-state index contributed by atoms with van der Waals surface area (Å²) in [6.07, 6.45) is -0.201. The first kappa shape index (κ1) is 17.4. The molecule has 0 aromatic carbocycles. The molecule has 3 rings (SSSR count). The van der Waals surface area contributed by atoms with Crippen molar-refractivity contribution in [2.24, 2.45) is 11.3 Å². The maximum Gasteiger partial charge on any atom is 0.410 e. The molecule has 24 heavy (non-hydrogen) atoms. The second-order valence-electron chi connectivity index (χ2n) is 8.23. The number of halogens is 1. The standard InChI is InChI=1S/C17H25ClN4O2/c1-16(2,3)24-15(23)22-8-12-7-21(10-17(12,4)11-22)9-13-5-6-14(18)20-19-13/h5-6,12H,7-11H2,1-4H3/t12-,17+/m0/s1. The molecular formula is C17H25ClN4O2. The molecule has 3 heterocycles. The van der Waals surface area contributed by atoms with Crippen molar-refractivity contribution in [3.8, 4) is 0 Å². The third-order valence-electron chi connectivity index (χ3n) is 4.77. The van der Waals surface area contributed by atoms with Crippen LogP contribution in [0.3, 0.4) is 0 Å². The first-order valence-corrected chi connectivity index (χ1v) is 8.71. The number of nitrogens with zero attached hydrogens (tertiary/aromatic N) is 4. The molecule has 2 aliphatic rings. The smallest absolute Gasteiger partial charge is 0.410 e. The highest BCUT2D eigenvalue weighted by molar-refractivity contribution is 6.29. The Hall–Kier alpha value is -1.40. The number of amides is 1. The van der Waals surface area contributed by atoms with Crippen LogP contribution in [-0.4, -0.2) is 57.9 Å². The topological polar surface area (TPSA) is 58.6 Å². The Balaban J connectivity index is 1.58. The SMILES string of the molecule is CC(C)(C)OC(=O)N1C[C@@H]2CN(Cc3ccc(Cl)nn3)C[C@]2(C)C1. The van der Waals surface area contributed by atoms with E-state index in [1.807, 2.05) is 31.7 Å². The summed E-state index contributed by atoms with van der Waals surface area (Å²) in [4.78, 5) is 16.5. The van der Waals surface area contributed by atoms with E-state index >= 15 is 0 Å². The fraction of sp³-hybridized carbons (Fsp3) is 0.706. The maximum atomic E-state index is 12.3. The number of likely N-dealkylation sites (tertiary alicyclic amines) is 2. The number of hydrogen-bond acceptors (Lipinski definition) is 5. The number of carbonyl (C=O) groups excluding carboxylic acids is 1. The van der Waals surface area contributed by atoms with Crippen LogP contribution in [0.1, 0.15) is 33.4 Å². The van der Waals surface area contributed by atoms with Gasteiger partial charge >= 0.3 is 6.09 Å². The molecule has 0 radical (unpaired) electrons. The highest BCUT2D eigenvalue weighted by Crippen LogP contribution is 2.42. The number of ether oxygens (including phenoxy) is 1. The third kappa shape index (κ3) is 3.81. The molecule has 0 N–H and O–H groups in total. The van der Waals surface area contributed by atoms with Crippen molar-refractivity contribution in [1.29, 1.82) is 0 Å². The molecule has 1 aromatic heterocycles. The average Bonchev–Trinajstić information content (AvgIpc) is 2.91. The quantitative estimate of drug-likeness (QED) is 0.819. The Morgan fingerprint density at radius 3 is 2.67 bits per heavy atom. The zero-order chi connectivity index (χ0) is 17.5. The van der Waals surface area contributed by atoms with Gasteiger partial charge in [-0.3, -0.25) is 4.90 Å². The third-order valence-corrected chi connectivity index (χ3v) is 4.97. The molecule has 0 saturated carbocycles. The number of aromatic nitrogens is 2. The summed E-state index contributed by atoms with van der Waals surface area (Å²) in [5.74, 6) is 0.463. The van der Waals surface area contributed by atoms with Crippen molar-refractivity contribution in [3.05, 3.63) is 23.0 Å². The number of rotatable bonds is 2. The molecule has 0 spiro atoms. The highest BCUT2D eigenvalue weighted by atomic mass is 35.5. The van der Waals surface area contributed by atoms with Crippen LogP contribution in [0, 0.1) is 11.3 Å². The Labute approximate surface area is 148 Å². The molecule has 0 aliphatic carbocycles. The van der Waals surface area contributed by atoms with Crippen LogP contribution < -0.4 is 0 Å². The second-order valence-corrected chi connectivity index (χ2v) is 8.62. The Morgan fingerprint density at radius 1 is 1.33 bits per heavy atom. The molecule has 132 valence electrons. The van der Waals surface area contributed by atoms with E-state index in [9.17, 15) is 4.79 Å². The van der Waals surface area contributed by atoms with Gasteiger partial charge in [0, 0.05) is 38.1 Å². The van der Waals surface area contributed by atoms with Gasteiger partial charge in [-0.2, -0.15) is 5.10 Å². The highest BCUT2D eigenvalue weighted by Gasteiger charge is 2.50. The molecule has 6 nitrogen and oxygen atoms in total.